The third kappa shape index (κ3) is 4.67. The van der Waals surface area contributed by atoms with E-state index < -0.39 is 5.82 Å². The highest BCUT2D eigenvalue weighted by Crippen LogP contribution is 2.25. The van der Waals surface area contributed by atoms with Crippen LogP contribution in [0.3, 0.4) is 0 Å². The van der Waals surface area contributed by atoms with Crippen LogP contribution in [-0.4, -0.2) is 43.5 Å². The summed E-state index contributed by atoms with van der Waals surface area (Å²) in [5.41, 5.74) is 2.41. The summed E-state index contributed by atoms with van der Waals surface area (Å²) in [4.78, 5) is 16.5. The molecule has 0 radical (unpaired) electrons. The minimum absolute atomic E-state index is 0.107. The van der Waals surface area contributed by atoms with Crippen molar-refractivity contribution in [2.75, 3.05) is 42.9 Å². The van der Waals surface area contributed by atoms with E-state index >= 15 is 0 Å². The van der Waals surface area contributed by atoms with E-state index in [1.165, 1.54) is 23.8 Å². The summed E-state index contributed by atoms with van der Waals surface area (Å²) in [6.07, 6.45) is 0. The largest absolute Gasteiger partial charge is 0.369 e. The van der Waals surface area contributed by atoms with Crippen molar-refractivity contribution in [3.05, 3.63) is 57.8 Å². The number of anilines is 2. The van der Waals surface area contributed by atoms with Gasteiger partial charge in [0, 0.05) is 41.9 Å². The normalized spacial score (nSPS) is 15.2. The molecule has 1 N–H and O–H groups in total. The number of nitrogens with zero attached hydrogens (tertiary/aromatic N) is 2. The molecule has 0 spiro atoms. The maximum absolute atomic E-state index is 13.7. The fourth-order valence-electron chi connectivity index (χ4n) is 3.06. The van der Waals surface area contributed by atoms with Crippen LogP contribution in [0, 0.1) is 12.7 Å². The molecule has 2 aromatic rings. The maximum atomic E-state index is 13.7. The minimum atomic E-state index is -0.496. The molecule has 138 valence electrons. The number of aryl methyl sites for hydroxylation is 1. The number of benzene rings is 2. The van der Waals surface area contributed by atoms with Gasteiger partial charge in [-0.3, -0.25) is 9.69 Å². The first-order valence-corrected chi connectivity index (χ1v) is 9.16. The molecule has 0 aromatic heterocycles. The van der Waals surface area contributed by atoms with Crippen LogP contribution in [0.15, 0.2) is 36.4 Å². The Hall–Kier alpha value is -1.82. The number of halogens is 3. The second kappa shape index (κ2) is 8.25. The van der Waals surface area contributed by atoms with E-state index in [-0.39, 0.29) is 18.1 Å². The molecule has 1 amide bonds. The Labute approximate surface area is 162 Å². The zero-order valence-electron chi connectivity index (χ0n) is 14.4. The Kier molecular flexibility index (Phi) is 6.01. The first kappa shape index (κ1) is 19.0. The van der Waals surface area contributed by atoms with Gasteiger partial charge in [0.05, 0.1) is 12.2 Å². The molecule has 1 aliphatic rings. The molecule has 2 aromatic carbocycles. The molecule has 0 bridgehead atoms. The second-order valence-corrected chi connectivity index (χ2v) is 7.24. The molecule has 26 heavy (non-hydrogen) atoms. The van der Waals surface area contributed by atoms with Gasteiger partial charge in [-0.15, -0.1) is 0 Å². The zero-order valence-corrected chi connectivity index (χ0v) is 15.9. The first-order valence-electron chi connectivity index (χ1n) is 8.41. The van der Waals surface area contributed by atoms with Gasteiger partial charge in [0.15, 0.2) is 0 Å². The SMILES string of the molecule is Cc1ccc(Cl)cc1N1CCN(CC(=O)Nc2cc(Cl)ccc2F)CC1. The number of hydrogen-bond acceptors (Lipinski definition) is 3. The number of rotatable bonds is 4. The number of amides is 1. The number of hydrogen-bond donors (Lipinski definition) is 1. The van der Waals surface area contributed by atoms with Crippen molar-refractivity contribution < 1.29 is 9.18 Å². The quantitative estimate of drug-likeness (QED) is 0.842. The van der Waals surface area contributed by atoms with Gasteiger partial charge in [0.25, 0.3) is 0 Å². The number of carbonyl (C=O) groups excluding carboxylic acids is 1. The first-order chi connectivity index (χ1) is 12.4. The molecule has 0 aliphatic carbocycles. The van der Waals surface area contributed by atoms with Crippen molar-refractivity contribution in [3.63, 3.8) is 0 Å². The number of nitrogens with one attached hydrogen (secondary N) is 1. The highest BCUT2D eigenvalue weighted by Gasteiger charge is 2.20. The average molecular weight is 396 g/mol. The summed E-state index contributed by atoms with van der Waals surface area (Å²) in [5.74, 6) is -0.748. The average Bonchev–Trinajstić information content (AvgIpc) is 2.61. The Morgan fingerprint density at radius 2 is 1.73 bits per heavy atom. The van der Waals surface area contributed by atoms with E-state index in [1.54, 1.807) is 0 Å². The van der Waals surface area contributed by atoms with Gasteiger partial charge < -0.3 is 10.2 Å². The summed E-state index contributed by atoms with van der Waals surface area (Å²) in [6, 6.07) is 9.97. The van der Waals surface area contributed by atoms with E-state index in [9.17, 15) is 9.18 Å². The van der Waals surface area contributed by atoms with Crippen LogP contribution >= 0.6 is 23.2 Å². The van der Waals surface area contributed by atoms with Crippen molar-refractivity contribution in [2.45, 2.75) is 6.92 Å². The highest BCUT2D eigenvalue weighted by molar-refractivity contribution is 6.31. The maximum Gasteiger partial charge on any atom is 0.238 e. The van der Waals surface area contributed by atoms with Crippen LogP contribution in [0.25, 0.3) is 0 Å². The predicted octanol–water partition coefficient (Wildman–Crippen LogP) is 4.20. The lowest BCUT2D eigenvalue weighted by Gasteiger charge is -2.36. The third-order valence-electron chi connectivity index (χ3n) is 4.45. The summed E-state index contributed by atoms with van der Waals surface area (Å²) in [7, 11) is 0. The van der Waals surface area contributed by atoms with E-state index in [2.05, 4.69) is 17.1 Å². The summed E-state index contributed by atoms with van der Waals surface area (Å²) >= 11 is 12.0. The molecule has 1 fully saturated rings. The lowest BCUT2D eigenvalue weighted by atomic mass is 10.1. The molecule has 4 nitrogen and oxygen atoms in total. The minimum Gasteiger partial charge on any atom is -0.369 e. The van der Waals surface area contributed by atoms with Gasteiger partial charge >= 0.3 is 0 Å². The van der Waals surface area contributed by atoms with Crippen LogP contribution in [0.1, 0.15) is 5.56 Å². The molecular formula is C19H20Cl2FN3O. The highest BCUT2D eigenvalue weighted by atomic mass is 35.5. The number of piperazine rings is 1. The van der Waals surface area contributed by atoms with Crippen LogP contribution in [-0.2, 0) is 4.79 Å². The molecule has 0 saturated carbocycles. The Bertz CT molecular complexity index is 807. The molecule has 3 rings (SSSR count). The second-order valence-electron chi connectivity index (χ2n) is 6.37. The standard InChI is InChI=1S/C19H20Cl2FN3O/c1-13-2-3-15(21)11-18(13)25-8-6-24(7-9-25)12-19(26)23-17-10-14(20)4-5-16(17)22/h2-5,10-11H,6-9,12H2,1H3,(H,23,26). The van der Waals surface area contributed by atoms with Gasteiger partial charge in [-0.2, -0.15) is 0 Å². The van der Waals surface area contributed by atoms with E-state index in [4.69, 9.17) is 23.2 Å². The Morgan fingerprint density at radius 1 is 1.08 bits per heavy atom. The third-order valence-corrected chi connectivity index (χ3v) is 4.92. The van der Waals surface area contributed by atoms with E-state index in [1.807, 2.05) is 23.1 Å². The van der Waals surface area contributed by atoms with Crippen molar-refractivity contribution in [3.8, 4) is 0 Å². The molecule has 7 heteroatoms. The fourth-order valence-corrected chi connectivity index (χ4v) is 3.39. The topological polar surface area (TPSA) is 35.6 Å². The summed E-state index contributed by atoms with van der Waals surface area (Å²) < 4.78 is 13.7. The van der Waals surface area contributed by atoms with Crippen molar-refractivity contribution >= 4 is 40.5 Å². The van der Waals surface area contributed by atoms with E-state index in [0.29, 0.717) is 5.02 Å². The lowest BCUT2D eigenvalue weighted by Crippen LogP contribution is -2.48. The molecule has 1 saturated heterocycles. The number of carbonyl (C=O) groups is 1. The smallest absolute Gasteiger partial charge is 0.238 e. The van der Waals surface area contributed by atoms with Gasteiger partial charge in [-0.25, -0.2) is 4.39 Å². The lowest BCUT2D eigenvalue weighted by molar-refractivity contribution is -0.117. The Morgan fingerprint density at radius 3 is 2.46 bits per heavy atom. The molecule has 1 heterocycles. The zero-order chi connectivity index (χ0) is 18.7. The predicted molar refractivity (Wildman–Crippen MR) is 105 cm³/mol. The van der Waals surface area contributed by atoms with Gasteiger partial charge in [-0.05, 0) is 42.8 Å². The molecule has 0 atom stereocenters. The van der Waals surface area contributed by atoms with Gasteiger partial charge in [0.1, 0.15) is 5.82 Å². The van der Waals surface area contributed by atoms with Crippen LogP contribution in [0.5, 0.6) is 0 Å². The molecule has 0 unspecified atom stereocenters. The van der Waals surface area contributed by atoms with Crippen LogP contribution in [0.4, 0.5) is 15.8 Å². The molecule has 1 aliphatic heterocycles. The summed E-state index contributed by atoms with van der Waals surface area (Å²) in [5, 5.41) is 3.69. The van der Waals surface area contributed by atoms with Crippen molar-refractivity contribution in [1.29, 1.82) is 0 Å². The van der Waals surface area contributed by atoms with Gasteiger partial charge in [-0.1, -0.05) is 29.3 Å². The van der Waals surface area contributed by atoms with Gasteiger partial charge in [0.2, 0.25) is 5.91 Å². The van der Waals surface area contributed by atoms with E-state index in [0.717, 1.165) is 36.9 Å². The van der Waals surface area contributed by atoms with Crippen LogP contribution in [0.2, 0.25) is 10.0 Å². The monoisotopic (exact) mass is 395 g/mol. The fraction of sp³-hybridized carbons (Fsp3) is 0.316. The molecular weight excluding hydrogens is 376 g/mol. The van der Waals surface area contributed by atoms with Crippen LogP contribution < -0.4 is 10.2 Å². The summed E-state index contributed by atoms with van der Waals surface area (Å²) in [6.45, 7) is 5.38. The Balaban J connectivity index is 1.54. The van der Waals surface area contributed by atoms with Crippen molar-refractivity contribution in [1.82, 2.24) is 4.90 Å². The van der Waals surface area contributed by atoms with Crippen molar-refractivity contribution in [2.24, 2.45) is 0 Å².